The van der Waals surface area contributed by atoms with E-state index in [2.05, 4.69) is 11.4 Å². The van der Waals surface area contributed by atoms with Crippen molar-refractivity contribution in [3.05, 3.63) is 40.9 Å². The molecule has 3 nitrogen and oxygen atoms in total. The summed E-state index contributed by atoms with van der Waals surface area (Å²) < 4.78 is 0. The maximum absolute atomic E-state index is 9.65. The van der Waals surface area contributed by atoms with Gasteiger partial charge in [-0.2, -0.15) is 0 Å². The molecule has 1 aromatic rings. The molecule has 17 heavy (non-hydrogen) atoms. The van der Waals surface area contributed by atoms with Gasteiger partial charge in [0, 0.05) is 35.7 Å². The molecular formula is C13H16ClNO2. The number of aliphatic hydroxyl groups is 1. The Hall–Kier alpha value is -1.03. The molecule has 0 aromatic heterocycles. The minimum Gasteiger partial charge on any atom is -0.508 e. The highest BCUT2D eigenvalue weighted by atomic mass is 35.5. The van der Waals surface area contributed by atoms with Crippen molar-refractivity contribution in [1.82, 2.24) is 5.32 Å². The Morgan fingerprint density at radius 1 is 1.35 bits per heavy atom. The van der Waals surface area contributed by atoms with Crippen molar-refractivity contribution in [2.45, 2.75) is 19.0 Å². The third-order valence-corrected chi connectivity index (χ3v) is 3.24. The lowest BCUT2D eigenvalue weighted by Crippen LogP contribution is -2.26. The van der Waals surface area contributed by atoms with Gasteiger partial charge in [0.1, 0.15) is 5.75 Å². The fourth-order valence-corrected chi connectivity index (χ4v) is 2.19. The second-order valence-electron chi connectivity index (χ2n) is 4.32. The number of hydrogen-bond donors (Lipinski definition) is 3. The molecular weight excluding hydrogens is 238 g/mol. The van der Waals surface area contributed by atoms with E-state index >= 15 is 0 Å². The van der Waals surface area contributed by atoms with Crippen molar-refractivity contribution in [2.24, 2.45) is 5.92 Å². The van der Waals surface area contributed by atoms with Gasteiger partial charge in [-0.15, -0.1) is 0 Å². The molecule has 0 spiro atoms. The number of nitrogens with one attached hydrogen (secondary N) is 1. The predicted molar refractivity (Wildman–Crippen MR) is 68.1 cm³/mol. The Labute approximate surface area is 106 Å². The minimum atomic E-state index is 0.192. The van der Waals surface area contributed by atoms with Crippen LogP contribution in [0.1, 0.15) is 12.0 Å². The fraction of sp³-hybridized carbons (Fsp3) is 0.385. The molecule has 3 N–H and O–H groups in total. The normalized spacial score (nSPS) is 23.2. The molecule has 0 heterocycles. The standard InChI is InChI=1S/C13H16ClNO2/c14-11-2-4-13(17)10(6-11)7-15-12-3-1-9(5-12)8-16/h1-4,6,9,12,15-17H,5,7-8H2/t9-,12+/m0/s1. The molecule has 0 bridgehead atoms. The van der Waals surface area contributed by atoms with Crippen molar-refractivity contribution in [3.63, 3.8) is 0 Å². The first-order chi connectivity index (χ1) is 8.19. The van der Waals surface area contributed by atoms with E-state index in [1.165, 1.54) is 0 Å². The van der Waals surface area contributed by atoms with Crippen molar-refractivity contribution in [3.8, 4) is 5.75 Å². The fourth-order valence-electron chi connectivity index (χ4n) is 2.00. The molecule has 0 saturated carbocycles. The quantitative estimate of drug-likeness (QED) is 0.720. The number of aromatic hydroxyl groups is 1. The second-order valence-corrected chi connectivity index (χ2v) is 4.76. The van der Waals surface area contributed by atoms with E-state index in [-0.39, 0.29) is 24.3 Å². The van der Waals surface area contributed by atoms with Gasteiger partial charge in [0.2, 0.25) is 0 Å². The molecule has 0 aliphatic heterocycles. The molecule has 0 fully saturated rings. The number of rotatable bonds is 4. The minimum absolute atomic E-state index is 0.192. The molecule has 0 unspecified atom stereocenters. The number of aliphatic hydroxyl groups excluding tert-OH is 1. The van der Waals surface area contributed by atoms with Crippen LogP contribution in [0.25, 0.3) is 0 Å². The second kappa shape index (κ2) is 5.54. The highest BCUT2D eigenvalue weighted by Gasteiger charge is 2.17. The number of hydrogen-bond acceptors (Lipinski definition) is 3. The zero-order valence-electron chi connectivity index (χ0n) is 9.44. The maximum atomic E-state index is 9.65. The summed E-state index contributed by atoms with van der Waals surface area (Å²) in [6.07, 6.45) is 4.98. The number of phenols is 1. The van der Waals surface area contributed by atoms with Crippen LogP contribution in [0, 0.1) is 5.92 Å². The van der Waals surface area contributed by atoms with Crippen LogP contribution in [0.5, 0.6) is 5.75 Å². The lowest BCUT2D eigenvalue weighted by molar-refractivity contribution is 0.246. The molecule has 1 aliphatic carbocycles. The molecule has 2 rings (SSSR count). The summed E-state index contributed by atoms with van der Waals surface area (Å²) in [4.78, 5) is 0. The summed E-state index contributed by atoms with van der Waals surface area (Å²) in [6.45, 7) is 0.761. The summed E-state index contributed by atoms with van der Waals surface area (Å²) >= 11 is 5.87. The van der Waals surface area contributed by atoms with Crippen LogP contribution in [-0.2, 0) is 6.54 Å². The van der Waals surface area contributed by atoms with Gasteiger partial charge in [0.05, 0.1) is 0 Å². The lowest BCUT2D eigenvalue weighted by atomic mass is 10.1. The van der Waals surface area contributed by atoms with Gasteiger partial charge in [-0.25, -0.2) is 0 Å². The highest BCUT2D eigenvalue weighted by molar-refractivity contribution is 6.30. The molecule has 1 aromatic carbocycles. The first kappa shape index (κ1) is 12.4. The van der Waals surface area contributed by atoms with Gasteiger partial charge in [-0.05, 0) is 24.6 Å². The van der Waals surface area contributed by atoms with Gasteiger partial charge in [-0.3, -0.25) is 0 Å². The third kappa shape index (κ3) is 3.22. The van der Waals surface area contributed by atoms with Gasteiger partial charge < -0.3 is 15.5 Å². The zero-order chi connectivity index (χ0) is 12.3. The van der Waals surface area contributed by atoms with E-state index in [4.69, 9.17) is 16.7 Å². The summed E-state index contributed by atoms with van der Waals surface area (Å²) in [5, 5.41) is 22.6. The van der Waals surface area contributed by atoms with Gasteiger partial charge in [-0.1, -0.05) is 23.8 Å². The third-order valence-electron chi connectivity index (χ3n) is 3.00. The Morgan fingerprint density at radius 3 is 2.88 bits per heavy atom. The molecule has 0 radical (unpaired) electrons. The largest absolute Gasteiger partial charge is 0.508 e. The molecule has 92 valence electrons. The van der Waals surface area contributed by atoms with E-state index in [0.717, 1.165) is 12.0 Å². The highest BCUT2D eigenvalue weighted by Crippen LogP contribution is 2.22. The first-order valence-electron chi connectivity index (χ1n) is 5.69. The number of halogens is 1. The van der Waals surface area contributed by atoms with Crippen molar-refractivity contribution in [2.75, 3.05) is 6.61 Å². The Kier molecular flexibility index (Phi) is 4.05. The number of phenolic OH excluding ortho intramolecular Hbond substituents is 1. The van der Waals surface area contributed by atoms with E-state index in [1.54, 1.807) is 18.2 Å². The summed E-state index contributed by atoms with van der Waals surface area (Å²) in [5.74, 6) is 0.503. The van der Waals surface area contributed by atoms with Gasteiger partial charge in [0.15, 0.2) is 0 Å². The predicted octanol–water partition coefficient (Wildman–Crippen LogP) is 2.07. The maximum Gasteiger partial charge on any atom is 0.120 e. The molecule has 1 aliphatic rings. The van der Waals surface area contributed by atoms with Gasteiger partial charge >= 0.3 is 0 Å². The van der Waals surface area contributed by atoms with Crippen LogP contribution in [-0.4, -0.2) is 22.9 Å². The van der Waals surface area contributed by atoms with Gasteiger partial charge in [0.25, 0.3) is 0 Å². The average molecular weight is 254 g/mol. The summed E-state index contributed by atoms with van der Waals surface area (Å²) in [5.41, 5.74) is 0.790. The Balaban J connectivity index is 1.90. The van der Waals surface area contributed by atoms with E-state index in [0.29, 0.717) is 11.6 Å². The van der Waals surface area contributed by atoms with Crippen LogP contribution >= 0.6 is 11.6 Å². The van der Waals surface area contributed by atoms with Crippen LogP contribution in [0.2, 0.25) is 5.02 Å². The van der Waals surface area contributed by atoms with Crippen LogP contribution in [0.3, 0.4) is 0 Å². The molecule has 0 saturated heterocycles. The van der Waals surface area contributed by atoms with Crippen LogP contribution < -0.4 is 5.32 Å². The van der Waals surface area contributed by atoms with Crippen LogP contribution in [0.4, 0.5) is 0 Å². The van der Waals surface area contributed by atoms with Crippen molar-refractivity contribution in [1.29, 1.82) is 0 Å². The number of benzene rings is 1. The topological polar surface area (TPSA) is 52.5 Å². The Bertz CT molecular complexity index is 420. The zero-order valence-corrected chi connectivity index (χ0v) is 10.2. The van der Waals surface area contributed by atoms with Crippen LogP contribution in [0.15, 0.2) is 30.4 Å². The molecule has 0 amide bonds. The molecule has 2 atom stereocenters. The smallest absolute Gasteiger partial charge is 0.120 e. The van der Waals surface area contributed by atoms with E-state index in [1.807, 2.05) is 6.08 Å². The average Bonchev–Trinajstić information content (AvgIpc) is 2.78. The molecule has 4 heteroatoms. The first-order valence-corrected chi connectivity index (χ1v) is 6.07. The lowest BCUT2D eigenvalue weighted by Gasteiger charge is -2.13. The monoisotopic (exact) mass is 253 g/mol. The van der Waals surface area contributed by atoms with E-state index in [9.17, 15) is 5.11 Å². The summed E-state index contributed by atoms with van der Waals surface area (Å²) in [6, 6.07) is 5.27. The Morgan fingerprint density at radius 2 is 2.18 bits per heavy atom. The summed E-state index contributed by atoms with van der Waals surface area (Å²) in [7, 11) is 0. The van der Waals surface area contributed by atoms with Crippen molar-refractivity contribution < 1.29 is 10.2 Å². The van der Waals surface area contributed by atoms with Crippen molar-refractivity contribution >= 4 is 11.6 Å². The SMILES string of the molecule is OC[C@H]1C=C[C@@H](NCc2cc(Cl)ccc2O)C1. The van der Waals surface area contributed by atoms with E-state index < -0.39 is 0 Å².